The Kier molecular flexibility index (Phi) is 4.94. The standard InChI is InChI=1S/C17H10Cl2FNO2S/c18-13-3-1-2-11(15(13)19)8-14-16(22)21(17(23)24-14)9-10-4-6-12(20)7-5-10/h1-8H,9H2/b14-8-. The van der Waals surface area contributed by atoms with E-state index in [1.54, 1.807) is 24.3 Å². The number of hydrogen-bond acceptors (Lipinski definition) is 3. The number of nitrogens with zero attached hydrogens (tertiary/aromatic N) is 1. The quantitative estimate of drug-likeness (QED) is 0.670. The predicted molar refractivity (Wildman–Crippen MR) is 94.4 cm³/mol. The van der Waals surface area contributed by atoms with E-state index in [2.05, 4.69) is 0 Å². The highest BCUT2D eigenvalue weighted by atomic mass is 35.5. The number of hydrogen-bond donors (Lipinski definition) is 0. The molecule has 1 heterocycles. The van der Waals surface area contributed by atoms with E-state index in [9.17, 15) is 14.0 Å². The molecule has 1 fully saturated rings. The van der Waals surface area contributed by atoms with Gasteiger partial charge in [-0.25, -0.2) is 4.39 Å². The fraction of sp³-hybridized carbons (Fsp3) is 0.0588. The van der Waals surface area contributed by atoms with E-state index in [4.69, 9.17) is 23.2 Å². The molecule has 1 saturated heterocycles. The van der Waals surface area contributed by atoms with Gasteiger partial charge in [-0.15, -0.1) is 0 Å². The third kappa shape index (κ3) is 3.48. The molecule has 7 heteroatoms. The van der Waals surface area contributed by atoms with Crippen LogP contribution in [0, 0.1) is 5.82 Å². The molecule has 0 bridgehead atoms. The van der Waals surface area contributed by atoms with Crippen molar-refractivity contribution in [3.63, 3.8) is 0 Å². The van der Waals surface area contributed by atoms with E-state index < -0.39 is 5.91 Å². The summed E-state index contributed by atoms with van der Waals surface area (Å²) in [4.78, 5) is 25.9. The lowest BCUT2D eigenvalue weighted by Gasteiger charge is -2.12. The summed E-state index contributed by atoms with van der Waals surface area (Å²) in [5, 5.41) is 0.314. The number of thioether (sulfide) groups is 1. The first kappa shape index (κ1) is 17.0. The molecule has 0 aromatic heterocycles. The van der Waals surface area contributed by atoms with Crippen LogP contribution in [-0.4, -0.2) is 16.0 Å². The van der Waals surface area contributed by atoms with Crippen LogP contribution in [0.5, 0.6) is 0 Å². The van der Waals surface area contributed by atoms with Crippen molar-refractivity contribution in [1.29, 1.82) is 0 Å². The van der Waals surface area contributed by atoms with E-state index in [1.807, 2.05) is 0 Å². The van der Waals surface area contributed by atoms with Gasteiger partial charge in [0, 0.05) is 0 Å². The normalized spacial score (nSPS) is 16.3. The van der Waals surface area contributed by atoms with Crippen LogP contribution in [0.25, 0.3) is 6.08 Å². The fourth-order valence-electron chi connectivity index (χ4n) is 2.18. The molecular formula is C17H10Cl2FNO2S. The summed E-state index contributed by atoms with van der Waals surface area (Å²) in [6, 6.07) is 10.7. The maximum Gasteiger partial charge on any atom is 0.293 e. The van der Waals surface area contributed by atoms with Gasteiger partial charge in [-0.2, -0.15) is 0 Å². The minimum atomic E-state index is -0.412. The second-order valence-corrected chi connectivity index (χ2v) is 6.82. The van der Waals surface area contributed by atoms with Crippen molar-refractivity contribution in [2.45, 2.75) is 6.54 Å². The Morgan fingerprint density at radius 3 is 2.50 bits per heavy atom. The zero-order chi connectivity index (χ0) is 17.3. The molecule has 3 rings (SSSR count). The molecule has 2 amide bonds. The number of rotatable bonds is 3. The van der Waals surface area contributed by atoms with Gasteiger partial charge in [-0.1, -0.05) is 47.5 Å². The first-order chi connectivity index (χ1) is 11.5. The largest absolute Gasteiger partial charge is 0.293 e. The summed E-state index contributed by atoms with van der Waals surface area (Å²) in [7, 11) is 0. The lowest BCUT2D eigenvalue weighted by atomic mass is 10.2. The first-order valence-electron chi connectivity index (χ1n) is 6.89. The zero-order valence-electron chi connectivity index (χ0n) is 12.1. The summed E-state index contributed by atoms with van der Waals surface area (Å²) in [6.07, 6.45) is 1.55. The molecule has 0 spiro atoms. The first-order valence-corrected chi connectivity index (χ1v) is 8.47. The Morgan fingerprint density at radius 2 is 1.79 bits per heavy atom. The molecule has 24 heavy (non-hydrogen) atoms. The van der Waals surface area contributed by atoms with Crippen LogP contribution in [0.2, 0.25) is 10.0 Å². The second-order valence-electron chi connectivity index (χ2n) is 5.04. The van der Waals surface area contributed by atoms with E-state index in [1.165, 1.54) is 24.3 Å². The number of imide groups is 1. The topological polar surface area (TPSA) is 37.4 Å². The summed E-state index contributed by atoms with van der Waals surface area (Å²) in [5.41, 5.74) is 1.23. The molecule has 2 aromatic rings. The van der Waals surface area contributed by atoms with Gasteiger partial charge in [-0.05, 0) is 47.2 Å². The van der Waals surface area contributed by atoms with Crippen LogP contribution in [0.1, 0.15) is 11.1 Å². The number of benzene rings is 2. The minimum absolute atomic E-state index is 0.0889. The van der Waals surface area contributed by atoms with Crippen LogP contribution < -0.4 is 0 Å². The zero-order valence-corrected chi connectivity index (χ0v) is 14.5. The van der Waals surface area contributed by atoms with Gasteiger partial charge in [0.15, 0.2) is 0 Å². The smallest absolute Gasteiger partial charge is 0.268 e. The van der Waals surface area contributed by atoms with Crippen LogP contribution in [0.4, 0.5) is 9.18 Å². The third-order valence-corrected chi connectivity index (χ3v) is 5.14. The monoisotopic (exact) mass is 381 g/mol. The molecule has 1 aliphatic rings. The van der Waals surface area contributed by atoms with E-state index in [0.717, 1.165) is 16.7 Å². The van der Waals surface area contributed by atoms with Crippen molar-refractivity contribution in [3.8, 4) is 0 Å². The van der Waals surface area contributed by atoms with E-state index in [-0.39, 0.29) is 22.5 Å². The number of halogens is 3. The van der Waals surface area contributed by atoms with Crippen molar-refractivity contribution in [3.05, 3.63) is 74.4 Å². The highest BCUT2D eigenvalue weighted by molar-refractivity contribution is 8.18. The van der Waals surface area contributed by atoms with Gasteiger partial charge >= 0.3 is 0 Å². The summed E-state index contributed by atoms with van der Waals surface area (Å²) in [5.74, 6) is -0.784. The van der Waals surface area contributed by atoms with Crippen molar-refractivity contribution in [1.82, 2.24) is 4.90 Å². The average molecular weight is 382 g/mol. The van der Waals surface area contributed by atoms with Crippen LogP contribution >= 0.6 is 35.0 Å². The van der Waals surface area contributed by atoms with Crippen molar-refractivity contribution in [2.75, 3.05) is 0 Å². The lowest BCUT2D eigenvalue weighted by Crippen LogP contribution is -2.27. The van der Waals surface area contributed by atoms with Gasteiger partial charge in [0.2, 0.25) is 0 Å². The summed E-state index contributed by atoms with van der Waals surface area (Å²) in [6.45, 7) is 0.0889. The summed E-state index contributed by atoms with van der Waals surface area (Å²) >= 11 is 12.9. The molecule has 0 N–H and O–H groups in total. The van der Waals surface area contributed by atoms with E-state index in [0.29, 0.717) is 21.2 Å². The highest BCUT2D eigenvalue weighted by Crippen LogP contribution is 2.35. The Labute approximate surface area is 152 Å². The molecule has 0 atom stereocenters. The second kappa shape index (κ2) is 6.97. The van der Waals surface area contributed by atoms with Gasteiger partial charge in [-0.3, -0.25) is 14.5 Å². The van der Waals surface area contributed by atoms with Crippen LogP contribution in [0.15, 0.2) is 47.4 Å². The molecule has 1 aliphatic heterocycles. The minimum Gasteiger partial charge on any atom is -0.268 e. The highest BCUT2D eigenvalue weighted by Gasteiger charge is 2.35. The van der Waals surface area contributed by atoms with Crippen molar-refractivity contribution in [2.24, 2.45) is 0 Å². The van der Waals surface area contributed by atoms with Gasteiger partial charge < -0.3 is 0 Å². The number of carbonyl (C=O) groups is 2. The van der Waals surface area contributed by atoms with Crippen molar-refractivity contribution < 1.29 is 14.0 Å². The Hall–Kier alpha value is -1.82. The molecule has 0 saturated carbocycles. The molecule has 0 radical (unpaired) electrons. The van der Waals surface area contributed by atoms with Crippen molar-refractivity contribution >= 4 is 52.2 Å². The van der Waals surface area contributed by atoms with Gasteiger partial charge in [0.05, 0.1) is 21.5 Å². The average Bonchev–Trinajstić information content (AvgIpc) is 2.81. The molecule has 0 aliphatic carbocycles. The molecule has 2 aromatic carbocycles. The van der Waals surface area contributed by atoms with E-state index >= 15 is 0 Å². The van der Waals surface area contributed by atoms with Gasteiger partial charge in [0.25, 0.3) is 11.1 Å². The predicted octanol–water partition coefficient (Wildman–Crippen LogP) is 5.37. The molecule has 0 unspecified atom stereocenters. The molecular weight excluding hydrogens is 372 g/mol. The maximum atomic E-state index is 12.9. The molecule has 122 valence electrons. The maximum absolute atomic E-state index is 12.9. The number of carbonyl (C=O) groups excluding carboxylic acids is 2. The van der Waals surface area contributed by atoms with Crippen LogP contribution in [-0.2, 0) is 11.3 Å². The molecule has 3 nitrogen and oxygen atoms in total. The fourth-order valence-corrected chi connectivity index (χ4v) is 3.37. The third-order valence-electron chi connectivity index (χ3n) is 3.40. The van der Waals surface area contributed by atoms with Gasteiger partial charge in [0.1, 0.15) is 5.82 Å². The van der Waals surface area contributed by atoms with Crippen LogP contribution in [0.3, 0.4) is 0 Å². The Morgan fingerprint density at radius 1 is 1.08 bits per heavy atom. The Bertz CT molecular complexity index is 852. The number of amides is 2. The Balaban J connectivity index is 1.84. The SMILES string of the molecule is O=C1S/C(=C\c2cccc(Cl)c2Cl)C(=O)N1Cc1ccc(F)cc1. The summed E-state index contributed by atoms with van der Waals surface area (Å²) < 4.78 is 12.9. The lowest BCUT2D eigenvalue weighted by molar-refractivity contribution is -0.123.